The summed E-state index contributed by atoms with van der Waals surface area (Å²) in [5.74, 6) is -3.31. The van der Waals surface area contributed by atoms with Crippen LogP contribution in [0.1, 0.15) is 11.1 Å². The summed E-state index contributed by atoms with van der Waals surface area (Å²) in [5, 5.41) is 11.8. The van der Waals surface area contributed by atoms with Crippen molar-refractivity contribution in [2.75, 3.05) is 13.7 Å². The third-order valence-electron chi connectivity index (χ3n) is 3.91. The Labute approximate surface area is 149 Å². The van der Waals surface area contributed by atoms with E-state index in [1.54, 1.807) is 24.3 Å². The number of para-hydroxylation sites is 1. The second kappa shape index (κ2) is 8.94. The number of amides is 1. The van der Waals surface area contributed by atoms with Gasteiger partial charge in [0.1, 0.15) is 17.4 Å². The molecular formula is C19H19F2NO4. The summed E-state index contributed by atoms with van der Waals surface area (Å²) in [7, 11) is 1.49. The molecule has 2 N–H and O–H groups in total. The molecule has 1 amide bonds. The van der Waals surface area contributed by atoms with E-state index in [0.29, 0.717) is 11.3 Å². The molecule has 1 atom stereocenters. The molecular weight excluding hydrogens is 344 g/mol. The molecule has 26 heavy (non-hydrogen) atoms. The normalized spacial score (nSPS) is 11.7. The lowest BCUT2D eigenvalue weighted by Crippen LogP contribution is -2.35. The molecule has 0 radical (unpaired) electrons. The first kappa shape index (κ1) is 19.4. The van der Waals surface area contributed by atoms with Crippen LogP contribution in [0.15, 0.2) is 42.5 Å². The molecule has 0 aliphatic carbocycles. The van der Waals surface area contributed by atoms with Crippen molar-refractivity contribution in [2.24, 2.45) is 5.92 Å². The summed E-state index contributed by atoms with van der Waals surface area (Å²) < 4.78 is 31.9. The van der Waals surface area contributed by atoms with Gasteiger partial charge in [-0.3, -0.25) is 9.59 Å². The number of methoxy groups -OCH3 is 1. The van der Waals surface area contributed by atoms with Crippen LogP contribution >= 0.6 is 0 Å². The number of aliphatic carboxylic acids is 1. The minimum absolute atomic E-state index is 0.0842. The Morgan fingerprint density at radius 3 is 2.58 bits per heavy atom. The van der Waals surface area contributed by atoms with Gasteiger partial charge in [0.05, 0.1) is 19.4 Å². The average molecular weight is 363 g/mol. The van der Waals surface area contributed by atoms with Crippen molar-refractivity contribution in [1.29, 1.82) is 0 Å². The van der Waals surface area contributed by atoms with Crippen molar-refractivity contribution in [1.82, 2.24) is 5.32 Å². The molecule has 0 heterocycles. The number of hydrogen-bond acceptors (Lipinski definition) is 3. The summed E-state index contributed by atoms with van der Waals surface area (Å²) in [4.78, 5) is 23.4. The molecule has 5 nitrogen and oxygen atoms in total. The third-order valence-corrected chi connectivity index (χ3v) is 3.91. The van der Waals surface area contributed by atoms with Crippen molar-refractivity contribution in [3.63, 3.8) is 0 Å². The van der Waals surface area contributed by atoms with Gasteiger partial charge < -0.3 is 15.2 Å². The lowest BCUT2D eigenvalue weighted by atomic mass is 9.98. The maximum atomic E-state index is 13.6. The largest absolute Gasteiger partial charge is 0.496 e. The number of halogens is 2. The Bertz CT molecular complexity index is 795. The van der Waals surface area contributed by atoms with Crippen molar-refractivity contribution < 1.29 is 28.2 Å². The molecule has 138 valence electrons. The molecule has 2 rings (SSSR count). The van der Waals surface area contributed by atoms with Crippen LogP contribution in [0.25, 0.3) is 0 Å². The maximum absolute atomic E-state index is 13.6. The van der Waals surface area contributed by atoms with Gasteiger partial charge in [-0.25, -0.2) is 8.78 Å². The van der Waals surface area contributed by atoms with Gasteiger partial charge in [-0.05, 0) is 36.2 Å². The van der Waals surface area contributed by atoms with E-state index in [9.17, 15) is 23.5 Å². The Balaban J connectivity index is 1.98. The van der Waals surface area contributed by atoms with Crippen LogP contribution in [0.3, 0.4) is 0 Å². The predicted octanol–water partition coefficient (Wildman–Crippen LogP) is 2.58. The highest BCUT2D eigenvalue weighted by Crippen LogP contribution is 2.21. The van der Waals surface area contributed by atoms with Gasteiger partial charge in [0.15, 0.2) is 0 Å². The van der Waals surface area contributed by atoms with E-state index in [4.69, 9.17) is 4.74 Å². The van der Waals surface area contributed by atoms with Crippen LogP contribution < -0.4 is 10.1 Å². The highest BCUT2D eigenvalue weighted by molar-refractivity contribution is 5.79. The number of benzene rings is 2. The zero-order valence-electron chi connectivity index (χ0n) is 14.2. The van der Waals surface area contributed by atoms with Gasteiger partial charge in [-0.15, -0.1) is 0 Å². The number of nitrogens with one attached hydrogen (secondary N) is 1. The number of carboxylic acids is 1. The minimum Gasteiger partial charge on any atom is -0.496 e. The van der Waals surface area contributed by atoms with Crippen molar-refractivity contribution in [3.05, 3.63) is 65.2 Å². The van der Waals surface area contributed by atoms with Crippen LogP contribution in [-0.4, -0.2) is 30.6 Å². The van der Waals surface area contributed by atoms with E-state index in [1.165, 1.54) is 7.11 Å². The number of carboxylic acid groups (broad SMARTS) is 1. The predicted molar refractivity (Wildman–Crippen MR) is 90.9 cm³/mol. The van der Waals surface area contributed by atoms with Gasteiger partial charge in [-0.2, -0.15) is 0 Å². The lowest BCUT2D eigenvalue weighted by Gasteiger charge is -2.15. The van der Waals surface area contributed by atoms with Gasteiger partial charge in [0.25, 0.3) is 0 Å². The van der Waals surface area contributed by atoms with E-state index >= 15 is 0 Å². The zero-order chi connectivity index (χ0) is 19.1. The third kappa shape index (κ3) is 5.27. The molecule has 2 aromatic rings. The standard InChI is InChI=1S/C19H19F2NO4/c1-26-17-5-3-2-4-12(17)8-14(19(24)25)11-22-18(23)10-13-9-15(20)6-7-16(13)21/h2-7,9,14H,8,10-11H2,1H3,(H,22,23)(H,24,25). The quantitative estimate of drug-likeness (QED) is 0.756. The maximum Gasteiger partial charge on any atom is 0.308 e. The Morgan fingerprint density at radius 2 is 1.88 bits per heavy atom. The molecule has 0 saturated heterocycles. The average Bonchev–Trinajstić information content (AvgIpc) is 2.61. The van der Waals surface area contributed by atoms with Crippen molar-refractivity contribution in [2.45, 2.75) is 12.8 Å². The molecule has 7 heteroatoms. The monoisotopic (exact) mass is 363 g/mol. The fourth-order valence-corrected chi connectivity index (χ4v) is 2.54. The lowest BCUT2D eigenvalue weighted by molar-refractivity contribution is -0.141. The summed E-state index contributed by atoms with van der Waals surface area (Å²) >= 11 is 0. The number of carbonyl (C=O) groups is 2. The van der Waals surface area contributed by atoms with E-state index < -0.39 is 29.4 Å². The highest BCUT2D eigenvalue weighted by atomic mass is 19.1. The second-order valence-corrected chi connectivity index (χ2v) is 5.77. The van der Waals surface area contributed by atoms with Gasteiger partial charge >= 0.3 is 5.97 Å². The molecule has 0 spiro atoms. The van der Waals surface area contributed by atoms with Crippen LogP contribution in [0.4, 0.5) is 8.78 Å². The van der Waals surface area contributed by atoms with E-state index in [0.717, 1.165) is 18.2 Å². The number of hydrogen-bond donors (Lipinski definition) is 2. The second-order valence-electron chi connectivity index (χ2n) is 5.77. The summed E-state index contributed by atoms with van der Waals surface area (Å²) in [6, 6.07) is 9.86. The topological polar surface area (TPSA) is 75.6 Å². The van der Waals surface area contributed by atoms with Crippen LogP contribution in [0.5, 0.6) is 5.75 Å². The molecule has 2 aromatic carbocycles. The van der Waals surface area contributed by atoms with Crippen LogP contribution in [0, 0.1) is 17.6 Å². The Morgan fingerprint density at radius 1 is 1.15 bits per heavy atom. The molecule has 0 aromatic heterocycles. The Hall–Kier alpha value is -2.96. The minimum atomic E-state index is -1.08. The Kier molecular flexibility index (Phi) is 6.66. The van der Waals surface area contributed by atoms with E-state index in [1.807, 2.05) is 0 Å². The molecule has 0 aliphatic heterocycles. The first-order valence-electron chi connectivity index (χ1n) is 7.96. The van der Waals surface area contributed by atoms with Crippen LogP contribution in [0.2, 0.25) is 0 Å². The molecule has 0 bridgehead atoms. The van der Waals surface area contributed by atoms with Crippen molar-refractivity contribution in [3.8, 4) is 5.75 Å². The summed E-state index contributed by atoms with van der Waals surface area (Å²) in [6.07, 6.45) is -0.210. The highest BCUT2D eigenvalue weighted by Gasteiger charge is 2.21. The fourth-order valence-electron chi connectivity index (χ4n) is 2.54. The SMILES string of the molecule is COc1ccccc1CC(CNC(=O)Cc1cc(F)ccc1F)C(=O)O. The number of carbonyl (C=O) groups excluding carboxylic acids is 1. The zero-order valence-corrected chi connectivity index (χ0v) is 14.2. The van der Waals surface area contributed by atoms with Gasteiger partial charge in [0, 0.05) is 12.1 Å². The van der Waals surface area contributed by atoms with Gasteiger partial charge in [0.2, 0.25) is 5.91 Å². The molecule has 0 fully saturated rings. The summed E-state index contributed by atoms with van der Waals surface area (Å²) in [5.41, 5.74) is 0.618. The molecule has 0 saturated carbocycles. The first-order valence-corrected chi connectivity index (χ1v) is 7.96. The first-order chi connectivity index (χ1) is 12.4. The van der Waals surface area contributed by atoms with Gasteiger partial charge in [-0.1, -0.05) is 18.2 Å². The molecule has 0 aliphatic rings. The fraction of sp³-hybridized carbons (Fsp3) is 0.263. The number of ether oxygens (including phenoxy) is 1. The van der Waals surface area contributed by atoms with E-state index in [2.05, 4.69) is 5.32 Å². The molecule has 1 unspecified atom stereocenters. The smallest absolute Gasteiger partial charge is 0.308 e. The van der Waals surface area contributed by atoms with Crippen molar-refractivity contribution >= 4 is 11.9 Å². The van der Waals surface area contributed by atoms with Crippen LogP contribution in [-0.2, 0) is 22.4 Å². The number of rotatable bonds is 8. The summed E-state index contributed by atoms with van der Waals surface area (Å²) in [6.45, 7) is -0.136. The van der Waals surface area contributed by atoms with E-state index in [-0.39, 0.29) is 24.9 Å².